The standard InChI is InChI=1S/C15H11Cl2N3O2/c1-8-18-13-5-3-10(7-14(13)22-8)20-15(21)19-9-2-4-11(16)12(17)6-9/h2-7,18H,1H2,(H2,19,20,21). The molecule has 2 aromatic carbocycles. The van der Waals surface area contributed by atoms with Crippen molar-refractivity contribution in [3.8, 4) is 5.75 Å². The van der Waals surface area contributed by atoms with Crippen LogP contribution in [0.15, 0.2) is 48.9 Å². The first kappa shape index (κ1) is 14.6. The fraction of sp³-hybridized carbons (Fsp3) is 0. The summed E-state index contributed by atoms with van der Waals surface area (Å²) in [6.07, 6.45) is 0. The summed E-state index contributed by atoms with van der Waals surface area (Å²) in [5.74, 6) is 1.06. The molecule has 0 bridgehead atoms. The molecule has 3 rings (SSSR count). The second-order valence-corrected chi connectivity index (χ2v) is 5.38. The Morgan fingerprint density at radius 3 is 2.45 bits per heavy atom. The quantitative estimate of drug-likeness (QED) is 0.730. The summed E-state index contributed by atoms with van der Waals surface area (Å²) in [6, 6.07) is 9.69. The Kier molecular flexibility index (Phi) is 3.83. The maximum Gasteiger partial charge on any atom is 0.323 e. The van der Waals surface area contributed by atoms with Crippen LogP contribution in [-0.2, 0) is 0 Å². The van der Waals surface area contributed by atoms with Gasteiger partial charge in [0.1, 0.15) is 0 Å². The SMILES string of the molecule is C=C1Nc2ccc(NC(=O)Nc3ccc(Cl)c(Cl)c3)cc2O1. The third kappa shape index (κ3) is 3.10. The molecule has 0 spiro atoms. The number of benzene rings is 2. The minimum absolute atomic E-state index is 0.370. The van der Waals surface area contributed by atoms with Gasteiger partial charge in [-0.05, 0) is 36.9 Å². The number of rotatable bonds is 2. The molecule has 2 amide bonds. The molecule has 112 valence electrons. The molecule has 5 nitrogen and oxygen atoms in total. The first-order valence-electron chi connectivity index (χ1n) is 6.32. The number of carbonyl (C=O) groups is 1. The van der Waals surface area contributed by atoms with Gasteiger partial charge < -0.3 is 20.7 Å². The normalized spacial score (nSPS) is 12.2. The average molecular weight is 336 g/mol. The van der Waals surface area contributed by atoms with Crippen LogP contribution in [0.4, 0.5) is 21.9 Å². The van der Waals surface area contributed by atoms with Crippen LogP contribution < -0.4 is 20.7 Å². The van der Waals surface area contributed by atoms with Gasteiger partial charge in [-0.15, -0.1) is 0 Å². The van der Waals surface area contributed by atoms with E-state index in [-0.39, 0.29) is 0 Å². The Balaban J connectivity index is 1.68. The molecule has 1 heterocycles. The molecule has 0 aromatic heterocycles. The number of fused-ring (bicyclic) bond motifs is 1. The zero-order chi connectivity index (χ0) is 15.7. The molecule has 0 atom stereocenters. The summed E-state index contributed by atoms with van der Waals surface area (Å²) in [4.78, 5) is 12.0. The summed E-state index contributed by atoms with van der Waals surface area (Å²) in [7, 11) is 0. The molecule has 0 saturated carbocycles. The van der Waals surface area contributed by atoms with E-state index in [2.05, 4.69) is 22.5 Å². The fourth-order valence-corrected chi connectivity index (χ4v) is 2.26. The topological polar surface area (TPSA) is 62.4 Å². The Hall–Kier alpha value is -2.37. The van der Waals surface area contributed by atoms with Crippen molar-refractivity contribution in [2.45, 2.75) is 0 Å². The maximum absolute atomic E-state index is 12.0. The fourth-order valence-electron chi connectivity index (χ4n) is 1.96. The summed E-state index contributed by atoms with van der Waals surface area (Å²) >= 11 is 11.7. The van der Waals surface area contributed by atoms with Crippen LogP contribution in [0.5, 0.6) is 5.75 Å². The molecule has 1 aliphatic heterocycles. The number of amides is 2. The number of hydrogen-bond donors (Lipinski definition) is 3. The van der Waals surface area contributed by atoms with Gasteiger partial charge in [0.25, 0.3) is 0 Å². The Bertz CT molecular complexity index is 777. The smallest absolute Gasteiger partial charge is 0.323 e. The van der Waals surface area contributed by atoms with Crippen molar-refractivity contribution in [1.29, 1.82) is 0 Å². The molecule has 0 aliphatic carbocycles. The van der Waals surface area contributed by atoms with Gasteiger partial charge in [-0.25, -0.2) is 4.79 Å². The molecule has 0 fully saturated rings. The number of ether oxygens (including phenoxy) is 1. The zero-order valence-corrected chi connectivity index (χ0v) is 12.8. The predicted molar refractivity (Wildman–Crippen MR) is 88.9 cm³/mol. The summed E-state index contributed by atoms with van der Waals surface area (Å²) < 4.78 is 5.37. The molecule has 22 heavy (non-hydrogen) atoms. The summed E-state index contributed by atoms with van der Waals surface area (Å²) in [6.45, 7) is 3.67. The largest absolute Gasteiger partial charge is 0.439 e. The van der Waals surface area contributed by atoms with Gasteiger partial charge in [-0.3, -0.25) is 0 Å². The van der Waals surface area contributed by atoms with Crippen molar-refractivity contribution in [2.75, 3.05) is 16.0 Å². The van der Waals surface area contributed by atoms with Gasteiger partial charge in [0.15, 0.2) is 11.6 Å². The molecular formula is C15H11Cl2N3O2. The van der Waals surface area contributed by atoms with E-state index in [1.807, 2.05) is 0 Å². The second-order valence-electron chi connectivity index (χ2n) is 4.57. The van der Waals surface area contributed by atoms with Crippen LogP contribution in [0.25, 0.3) is 0 Å². The second kappa shape index (κ2) is 5.79. The molecule has 0 unspecified atom stereocenters. The van der Waals surface area contributed by atoms with Gasteiger partial charge in [-0.1, -0.05) is 23.2 Å². The molecule has 0 saturated heterocycles. The van der Waals surface area contributed by atoms with Crippen LogP contribution >= 0.6 is 23.2 Å². The lowest BCUT2D eigenvalue weighted by molar-refractivity contribution is 0.262. The van der Waals surface area contributed by atoms with Crippen molar-refractivity contribution >= 4 is 46.3 Å². The van der Waals surface area contributed by atoms with Crippen LogP contribution in [0.2, 0.25) is 10.0 Å². The highest BCUT2D eigenvalue weighted by atomic mass is 35.5. The van der Waals surface area contributed by atoms with E-state index < -0.39 is 6.03 Å². The predicted octanol–water partition coefficient (Wildman–Crippen LogP) is 4.91. The lowest BCUT2D eigenvalue weighted by atomic mass is 10.2. The monoisotopic (exact) mass is 335 g/mol. The van der Waals surface area contributed by atoms with Crippen LogP contribution in [0.3, 0.4) is 0 Å². The van der Waals surface area contributed by atoms with Gasteiger partial charge in [-0.2, -0.15) is 0 Å². The number of anilines is 3. The number of urea groups is 1. The van der Waals surface area contributed by atoms with Crippen molar-refractivity contribution in [3.05, 3.63) is 58.9 Å². The lowest BCUT2D eigenvalue weighted by Crippen LogP contribution is -2.19. The van der Waals surface area contributed by atoms with E-state index in [9.17, 15) is 4.79 Å². The molecular weight excluding hydrogens is 325 g/mol. The van der Waals surface area contributed by atoms with Crippen molar-refractivity contribution in [2.24, 2.45) is 0 Å². The van der Waals surface area contributed by atoms with Gasteiger partial charge >= 0.3 is 6.03 Å². The van der Waals surface area contributed by atoms with Gasteiger partial charge in [0.05, 0.1) is 15.7 Å². The number of carbonyl (C=O) groups excluding carboxylic acids is 1. The van der Waals surface area contributed by atoms with Crippen LogP contribution in [0, 0.1) is 0 Å². The Morgan fingerprint density at radius 2 is 1.73 bits per heavy atom. The van der Waals surface area contributed by atoms with Crippen molar-refractivity contribution in [3.63, 3.8) is 0 Å². The van der Waals surface area contributed by atoms with E-state index in [0.29, 0.717) is 33.1 Å². The van der Waals surface area contributed by atoms with E-state index >= 15 is 0 Å². The summed E-state index contributed by atoms with van der Waals surface area (Å²) in [5, 5.41) is 9.13. The number of nitrogens with one attached hydrogen (secondary N) is 3. The van der Waals surface area contributed by atoms with E-state index in [1.54, 1.807) is 36.4 Å². The Labute approximate surface area is 136 Å². The van der Waals surface area contributed by atoms with Crippen molar-refractivity contribution in [1.82, 2.24) is 0 Å². The van der Waals surface area contributed by atoms with Crippen LogP contribution in [-0.4, -0.2) is 6.03 Å². The van der Waals surface area contributed by atoms with Gasteiger partial charge in [0.2, 0.25) is 0 Å². The first-order valence-corrected chi connectivity index (χ1v) is 7.08. The molecule has 0 radical (unpaired) electrons. The highest BCUT2D eigenvalue weighted by Crippen LogP contribution is 2.35. The minimum Gasteiger partial charge on any atom is -0.439 e. The highest BCUT2D eigenvalue weighted by molar-refractivity contribution is 6.42. The van der Waals surface area contributed by atoms with E-state index in [4.69, 9.17) is 27.9 Å². The van der Waals surface area contributed by atoms with E-state index in [1.165, 1.54) is 0 Å². The minimum atomic E-state index is -0.400. The molecule has 3 N–H and O–H groups in total. The molecule has 1 aliphatic rings. The molecule has 7 heteroatoms. The van der Waals surface area contributed by atoms with Crippen molar-refractivity contribution < 1.29 is 9.53 Å². The zero-order valence-electron chi connectivity index (χ0n) is 11.2. The van der Waals surface area contributed by atoms with Gasteiger partial charge in [0, 0.05) is 17.4 Å². The first-order chi connectivity index (χ1) is 10.5. The van der Waals surface area contributed by atoms with E-state index in [0.717, 1.165) is 5.69 Å². The average Bonchev–Trinajstić information content (AvgIpc) is 2.82. The maximum atomic E-state index is 12.0. The Morgan fingerprint density at radius 1 is 1.05 bits per heavy atom. The number of halogens is 2. The lowest BCUT2D eigenvalue weighted by Gasteiger charge is -2.09. The third-order valence-electron chi connectivity index (χ3n) is 2.92. The molecule has 2 aromatic rings. The third-order valence-corrected chi connectivity index (χ3v) is 3.66. The summed E-state index contributed by atoms with van der Waals surface area (Å²) in [5.41, 5.74) is 1.94. The highest BCUT2D eigenvalue weighted by Gasteiger charge is 2.15. The number of hydrogen-bond acceptors (Lipinski definition) is 3. The van der Waals surface area contributed by atoms with Crippen LogP contribution in [0.1, 0.15) is 0 Å².